The van der Waals surface area contributed by atoms with E-state index in [9.17, 15) is 4.79 Å². The van der Waals surface area contributed by atoms with Gasteiger partial charge in [0.05, 0.1) is 7.05 Å². The normalized spacial score (nSPS) is 9.69. The Morgan fingerprint density at radius 3 is 2.85 bits per heavy atom. The number of carbonyl (C=O) groups excluding carboxylic acids is 1. The SMILES string of the molecule is C=CCN(C(C)=O)c1nnn(C)n1. The Kier molecular flexibility index (Phi) is 2.73. The summed E-state index contributed by atoms with van der Waals surface area (Å²) in [5.41, 5.74) is 0. The molecule has 13 heavy (non-hydrogen) atoms. The van der Waals surface area contributed by atoms with Crippen molar-refractivity contribution in [3.8, 4) is 0 Å². The molecule has 0 aliphatic carbocycles. The van der Waals surface area contributed by atoms with Gasteiger partial charge in [0.1, 0.15) is 0 Å². The summed E-state index contributed by atoms with van der Waals surface area (Å²) in [7, 11) is 1.64. The van der Waals surface area contributed by atoms with Crippen molar-refractivity contribution in [1.82, 2.24) is 20.2 Å². The van der Waals surface area contributed by atoms with E-state index in [2.05, 4.69) is 22.0 Å². The maximum atomic E-state index is 11.1. The molecule has 70 valence electrons. The summed E-state index contributed by atoms with van der Waals surface area (Å²) in [4.78, 5) is 13.8. The quantitative estimate of drug-likeness (QED) is 0.603. The van der Waals surface area contributed by atoms with Gasteiger partial charge in [-0.2, -0.15) is 4.80 Å². The molecule has 0 saturated heterocycles. The summed E-state index contributed by atoms with van der Waals surface area (Å²) in [5.74, 6) is 0.169. The molecule has 0 N–H and O–H groups in total. The van der Waals surface area contributed by atoms with Crippen LogP contribution in [0.2, 0.25) is 0 Å². The molecule has 0 aliphatic rings. The zero-order chi connectivity index (χ0) is 9.84. The Morgan fingerprint density at radius 1 is 1.77 bits per heavy atom. The number of aromatic nitrogens is 4. The molecular formula is C7H11N5O. The van der Waals surface area contributed by atoms with Crippen molar-refractivity contribution in [2.75, 3.05) is 11.4 Å². The fraction of sp³-hybridized carbons (Fsp3) is 0.429. The average molecular weight is 181 g/mol. The number of hydrogen-bond acceptors (Lipinski definition) is 4. The minimum absolute atomic E-state index is 0.132. The molecule has 0 fully saturated rings. The molecule has 1 rings (SSSR count). The lowest BCUT2D eigenvalue weighted by atomic mass is 10.5. The highest BCUT2D eigenvalue weighted by Gasteiger charge is 2.14. The van der Waals surface area contributed by atoms with Crippen LogP contribution < -0.4 is 4.90 Å². The second-order valence-corrected chi connectivity index (χ2v) is 2.50. The van der Waals surface area contributed by atoms with Gasteiger partial charge < -0.3 is 0 Å². The van der Waals surface area contributed by atoms with E-state index in [1.54, 1.807) is 13.1 Å². The van der Waals surface area contributed by atoms with Gasteiger partial charge >= 0.3 is 0 Å². The largest absolute Gasteiger partial charge is 0.275 e. The molecule has 0 saturated carbocycles. The van der Waals surface area contributed by atoms with Crippen LogP contribution in [0.5, 0.6) is 0 Å². The van der Waals surface area contributed by atoms with Gasteiger partial charge in [-0.25, -0.2) is 0 Å². The van der Waals surface area contributed by atoms with Crippen molar-refractivity contribution >= 4 is 11.9 Å². The Hall–Kier alpha value is -1.72. The molecule has 0 spiro atoms. The van der Waals surface area contributed by atoms with Crippen molar-refractivity contribution in [2.24, 2.45) is 7.05 Å². The van der Waals surface area contributed by atoms with E-state index < -0.39 is 0 Å². The Bertz CT molecular complexity index is 318. The second kappa shape index (κ2) is 3.79. The van der Waals surface area contributed by atoms with Crippen LogP contribution in [0.25, 0.3) is 0 Å². The topological polar surface area (TPSA) is 63.9 Å². The Balaban J connectivity index is 2.87. The summed E-state index contributed by atoms with van der Waals surface area (Å²) in [6.07, 6.45) is 1.61. The van der Waals surface area contributed by atoms with Gasteiger partial charge in [0, 0.05) is 13.5 Å². The molecule has 0 atom stereocenters. The minimum atomic E-state index is -0.132. The molecule has 0 unspecified atom stereocenters. The highest BCUT2D eigenvalue weighted by Crippen LogP contribution is 2.03. The third kappa shape index (κ3) is 2.11. The summed E-state index contributed by atoms with van der Waals surface area (Å²) in [5, 5.41) is 11.2. The minimum Gasteiger partial charge on any atom is -0.275 e. The summed E-state index contributed by atoms with van der Waals surface area (Å²) < 4.78 is 0. The number of aryl methyl sites for hydroxylation is 1. The lowest BCUT2D eigenvalue weighted by Gasteiger charge is -2.12. The third-order valence-electron chi connectivity index (χ3n) is 1.43. The van der Waals surface area contributed by atoms with Gasteiger partial charge in [-0.15, -0.1) is 11.7 Å². The van der Waals surface area contributed by atoms with Crippen molar-refractivity contribution < 1.29 is 4.79 Å². The van der Waals surface area contributed by atoms with Gasteiger partial charge in [0.15, 0.2) is 0 Å². The van der Waals surface area contributed by atoms with Crippen molar-refractivity contribution in [2.45, 2.75) is 6.92 Å². The lowest BCUT2D eigenvalue weighted by Crippen LogP contribution is -2.29. The molecular weight excluding hydrogens is 170 g/mol. The first-order chi connectivity index (χ1) is 6.15. The van der Waals surface area contributed by atoms with Crippen LogP contribution in [0.4, 0.5) is 5.95 Å². The molecule has 0 aliphatic heterocycles. The zero-order valence-corrected chi connectivity index (χ0v) is 7.64. The summed E-state index contributed by atoms with van der Waals surface area (Å²) >= 11 is 0. The summed E-state index contributed by atoms with van der Waals surface area (Å²) in [6, 6.07) is 0. The van der Waals surface area contributed by atoms with Crippen LogP contribution in [0.15, 0.2) is 12.7 Å². The maximum absolute atomic E-state index is 11.1. The van der Waals surface area contributed by atoms with Crippen molar-refractivity contribution in [3.05, 3.63) is 12.7 Å². The highest BCUT2D eigenvalue weighted by atomic mass is 16.2. The number of nitrogens with zero attached hydrogens (tertiary/aromatic N) is 5. The van der Waals surface area contributed by atoms with E-state index in [1.807, 2.05) is 0 Å². The third-order valence-corrected chi connectivity index (χ3v) is 1.43. The predicted molar refractivity (Wildman–Crippen MR) is 47.0 cm³/mol. The highest BCUT2D eigenvalue weighted by molar-refractivity contribution is 5.89. The fourth-order valence-corrected chi connectivity index (χ4v) is 0.862. The first-order valence-corrected chi connectivity index (χ1v) is 3.78. The van der Waals surface area contributed by atoms with Crippen LogP contribution in [0.1, 0.15) is 6.92 Å². The van der Waals surface area contributed by atoms with E-state index in [1.165, 1.54) is 16.6 Å². The van der Waals surface area contributed by atoms with E-state index in [0.717, 1.165) is 0 Å². The van der Waals surface area contributed by atoms with E-state index >= 15 is 0 Å². The second-order valence-electron chi connectivity index (χ2n) is 2.50. The van der Waals surface area contributed by atoms with Gasteiger partial charge in [0.2, 0.25) is 5.91 Å². The lowest BCUT2D eigenvalue weighted by molar-refractivity contribution is -0.116. The molecule has 1 amide bonds. The van der Waals surface area contributed by atoms with Crippen LogP contribution in [0.3, 0.4) is 0 Å². The molecule has 6 heteroatoms. The summed E-state index contributed by atoms with van der Waals surface area (Å²) in [6.45, 7) is 5.37. The number of carbonyl (C=O) groups is 1. The molecule has 0 radical (unpaired) electrons. The van der Waals surface area contributed by atoms with Gasteiger partial charge in [0.25, 0.3) is 5.95 Å². The molecule has 1 heterocycles. The maximum Gasteiger partial charge on any atom is 0.272 e. The van der Waals surface area contributed by atoms with Crippen LogP contribution in [-0.2, 0) is 11.8 Å². The van der Waals surface area contributed by atoms with Gasteiger partial charge in [-0.3, -0.25) is 9.69 Å². The number of tetrazole rings is 1. The molecule has 0 aromatic carbocycles. The Labute approximate surface area is 75.8 Å². The molecule has 1 aromatic heterocycles. The van der Waals surface area contributed by atoms with E-state index in [4.69, 9.17) is 0 Å². The predicted octanol–water partition coefficient (Wildman–Crippen LogP) is -0.251. The zero-order valence-electron chi connectivity index (χ0n) is 7.64. The Morgan fingerprint density at radius 2 is 2.46 bits per heavy atom. The smallest absolute Gasteiger partial charge is 0.272 e. The first kappa shape index (κ1) is 9.37. The van der Waals surface area contributed by atoms with Crippen LogP contribution >= 0.6 is 0 Å². The van der Waals surface area contributed by atoms with Gasteiger partial charge in [-0.05, 0) is 5.21 Å². The van der Waals surface area contributed by atoms with Crippen molar-refractivity contribution in [3.63, 3.8) is 0 Å². The number of rotatable bonds is 3. The molecule has 0 bridgehead atoms. The van der Waals surface area contributed by atoms with Crippen LogP contribution in [0, 0.1) is 0 Å². The standard InChI is InChI=1S/C7H11N5O/c1-4-5-12(6(2)13)7-8-10-11(3)9-7/h4H,1,5H2,2-3H3. The molecule has 1 aromatic rings. The molecule has 6 nitrogen and oxygen atoms in total. The first-order valence-electron chi connectivity index (χ1n) is 3.78. The fourth-order valence-electron chi connectivity index (χ4n) is 0.862. The number of hydrogen-bond donors (Lipinski definition) is 0. The number of anilines is 1. The van der Waals surface area contributed by atoms with Crippen molar-refractivity contribution in [1.29, 1.82) is 0 Å². The monoisotopic (exact) mass is 181 g/mol. The average Bonchev–Trinajstić information content (AvgIpc) is 2.46. The number of amides is 1. The van der Waals surface area contributed by atoms with Crippen LogP contribution in [-0.4, -0.2) is 32.7 Å². The van der Waals surface area contributed by atoms with Gasteiger partial charge in [-0.1, -0.05) is 11.2 Å². The van der Waals surface area contributed by atoms with E-state index in [-0.39, 0.29) is 5.91 Å². The van der Waals surface area contributed by atoms with E-state index in [0.29, 0.717) is 12.5 Å².